The summed E-state index contributed by atoms with van der Waals surface area (Å²) in [7, 11) is 0. The molecule has 39 heavy (non-hydrogen) atoms. The van der Waals surface area contributed by atoms with E-state index in [-0.39, 0.29) is 3.42 Å². The van der Waals surface area contributed by atoms with Crippen LogP contribution in [0.15, 0.2) is 158 Å². The first-order chi connectivity index (χ1) is 19.4. The molecule has 2 aliphatic rings. The van der Waals surface area contributed by atoms with Gasteiger partial charge in [0, 0.05) is 0 Å². The molecule has 2 aliphatic carbocycles. The van der Waals surface area contributed by atoms with Gasteiger partial charge in [0.05, 0.1) is 0 Å². The summed E-state index contributed by atoms with van der Waals surface area (Å²) in [4.78, 5) is 0. The average molecular weight is 611 g/mol. The van der Waals surface area contributed by atoms with Gasteiger partial charge in [0.2, 0.25) is 0 Å². The van der Waals surface area contributed by atoms with E-state index >= 15 is 0 Å². The van der Waals surface area contributed by atoms with Crippen LogP contribution in [0.5, 0.6) is 0 Å². The van der Waals surface area contributed by atoms with E-state index in [2.05, 4.69) is 158 Å². The van der Waals surface area contributed by atoms with Crippen LogP contribution in [-0.4, -0.2) is 0 Å². The van der Waals surface area contributed by atoms with Crippen LogP contribution in [0, 0.1) is 3.57 Å². The van der Waals surface area contributed by atoms with E-state index in [4.69, 9.17) is 0 Å². The zero-order valence-corrected chi connectivity index (χ0v) is 23.6. The molecule has 6 aromatic carbocycles. The maximum absolute atomic E-state index is 2.42. The monoisotopic (exact) mass is 610 g/mol. The van der Waals surface area contributed by atoms with Gasteiger partial charge < -0.3 is 0 Å². The first-order valence-corrected chi connectivity index (χ1v) is 17.0. The Labute approximate surface area is 237 Å². The van der Waals surface area contributed by atoms with Crippen molar-refractivity contribution in [2.45, 2.75) is 7.35 Å². The van der Waals surface area contributed by atoms with Crippen molar-refractivity contribution in [1.29, 1.82) is 0 Å². The Morgan fingerprint density at radius 3 is 1.33 bits per heavy atom. The Morgan fingerprint density at radius 1 is 0.385 bits per heavy atom. The molecule has 0 aromatic heterocycles. The molecule has 0 N–H and O–H groups in total. The quantitative estimate of drug-likeness (QED) is 0.138. The third-order valence-electron chi connectivity index (χ3n) is 8.31. The topological polar surface area (TPSA) is 0 Å². The number of hydrogen-bond acceptors (Lipinski definition) is 0. The molecule has 0 heterocycles. The van der Waals surface area contributed by atoms with Crippen molar-refractivity contribution in [2.24, 2.45) is 0 Å². The summed E-state index contributed by atoms with van der Waals surface area (Å²) < 4.78 is 1.66. The third-order valence-corrected chi connectivity index (χ3v) is 16.5. The summed E-state index contributed by atoms with van der Waals surface area (Å²) in [5.74, 6) is 0. The molecule has 0 spiro atoms. The Hall–Kier alpha value is -3.95. The fourth-order valence-corrected chi connectivity index (χ4v) is 16.3. The zero-order valence-electron chi connectivity index (χ0n) is 21.5. The third kappa shape index (κ3) is 3.23. The van der Waals surface area contributed by atoms with Crippen molar-refractivity contribution < 1.29 is 0 Å². The van der Waals surface area contributed by atoms with Gasteiger partial charge >= 0.3 is 239 Å². The van der Waals surface area contributed by atoms with Gasteiger partial charge in [-0.2, -0.15) is 0 Å². The van der Waals surface area contributed by atoms with Crippen molar-refractivity contribution in [3.8, 4) is 22.3 Å². The Balaban J connectivity index is 1.55. The van der Waals surface area contributed by atoms with Gasteiger partial charge in [-0.25, -0.2) is 0 Å². The van der Waals surface area contributed by atoms with Crippen molar-refractivity contribution >= 4 is 19.8 Å². The fraction of sp³-hybridized carbons (Fsp3) is 0.0526. The second-order valence-electron chi connectivity index (χ2n) is 10.3. The van der Waals surface area contributed by atoms with Gasteiger partial charge in [0.1, 0.15) is 0 Å². The fourth-order valence-electron chi connectivity index (χ4n) is 6.83. The van der Waals surface area contributed by atoms with Crippen molar-refractivity contribution in [3.05, 3.63) is 189 Å². The molecular weight excluding hydrogens is 583 g/mol. The zero-order chi connectivity index (χ0) is 25.8. The van der Waals surface area contributed by atoms with E-state index in [9.17, 15) is 0 Å². The number of fused-ring (bicyclic) bond motifs is 6. The summed E-state index contributed by atoms with van der Waals surface area (Å²) in [5, 5.41) is 0. The van der Waals surface area contributed by atoms with Crippen LogP contribution in [0.3, 0.4) is 0 Å². The predicted octanol–water partition coefficient (Wildman–Crippen LogP) is 10.1. The van der Waals surface area contributed by atoms with Crippen LogP contribution in [-0.2, 0) is 3.42 Å². The molecule has 0 atom stereocenters. The number of benzene rings is 6. The SMILES string of the molecule is c1ccc(I(C2c3ccccc3-c3ccccc32)C2(c3ccccc3)c3ccccc3-c3ccccc32)cc1. The van der Waals surface area contributed by atoms with Gasteiger partial charge in [-0.05, 0) is 0 Å². The molecule has 6 aromatic rings. The summed E-state index contributed by atoms with van der Waals surface area (Å²) in [5.41, 5.74) is 12.9. The molecular formula is C38H27I. The maximum atomic E-state index is 2.42. The minimum atomic E-state index is -2.28. The average Bonchev–Trinajstić information content (AvgIpc) is 3.50. The first kappa shape index (κ1) is 23.0. The summed E-state index contributed by atoms with van der Waals surface area (Å²) in [6.45, 7) is 0. The van der Waals surface area contributed by atoms with Crippen molar-refractivity contribution in [1.82, 2.24) is 0 Å². The van der Waals surface area contributed by atoms with Crippen LogP contribution in [0.25, 0.3) is 22.3 Å². The Morgan fingerprint density at radius 2 is 0.795 bits per heavy atom. The predicted molar refractivity (Wildman–Crippen MR) is 171 cm³/mol. The number of hydrogen-bond donors (Lipinski definition) is 0. The summed E-state index contributed by atoms with van der Waals surface area (Å²) in [6.07, 6.45) is 0. The van der Waals surface area contributed by atoms with E-state index in [1.54, 1.807) is 0 Å². The van der Waals surface area contributed by atoms with Gasteiger partial charge in [0.25, 0.3) is 0 Å². The van der Waals surface area contributed by atoms with E-state index < -0.39 is 19.8 Å². The minimum absolute atomic E-state index is 0.213. The molecule has 0 unspecified atom stereocenters. The first-order valence-electron chi connectivity index (χ1n) is 13.6. The Kier molecular flexibility index (Phi) is 5.34. The Bertz CT molecular complexity index is 1730. The molecule has 0 nitrogen and oxygen atoms in total. The van der Waals surface area contributed by atoms with Gasteiger partial charge in [0.15, 0.2) is 0 Å². The van der Waals surface area contributed by atoms with Crippen LogP contribution in [0.2, 0.25) is 0 Å². The van der Waals surface area contributed by atoms with E-state index in [1.807, 2.05) is 0 Å². The van der Waals surface area contributed by atoms with E-state index in [1.165, 1.54) is 53.6 Å². The van der Waals surface area contributed by atoms with Crippen LogP contribution in [0.4, 0.5) is 0 Å². The second-order valence-corrected chi connectivity index (χ2v) is 16.2. The number of halogens is 1. The van der Waals surface area contributed by atoms with Crippen molar-refractivity contribution in [2.75, 3.05) is 0 Å². The van der Waals surface area contributed by atoms with Gasteiger partial charge in [-0.1, -0.05) is 0 Å². The van der Waals surface area contributed by atoms with Gasteiger partial charge in [-0.3, -0.25) is 0 Å². The normalized spacial score (nSPS) is 14.7. The standard InChI is InChI=1S/C38H27I/c1-3-15-27(16-4-1)38(35-25-13-11-21-31(35)32-22-12-14-26-36(32)38)39(28-17-5-2-6-18-28)37-33-23-9-7-19-29(33)30-20-8-10-24-34(30)37/h1-26,37H. The molecule has 0 aliphatic heterocycles. The molecule has 1 heteroatoms. The molecule has 8 rings (SSSR count). The van der Waals surface area contributed by atoms with Crippen LogP contribution in [0.1, 0.15) is 31.7 Å². The van der Waals surface area contributed by atoms with E-state index in [0.717, 1.165) is 0 Å². The van der Waals surface area contributed by atoms with E-state index in [0.29, 0.717) is 3.92 Å². The molecule has 0 saturated carbocycles. The van der Waals surface area contributed by atoms with Gasteiger partial charge in [-0.15, -0.1) is 0 Å². The molecule has 186 valence electrons. The number of alkyl halides is 2. The molecule has 0 saturated heterocycles. The number of rotatable bonds is 4. The molecule has 0 fully saturated rings. The molecule has 0 amide bonds. The van der Waals surface area contributed by atoms with Crippen LogP contribution < -0.4 is 0 Å². The summed E-state index contributed by atoms with van der Waals surface area (Å²) in [6, 6.07) is 59.7. The molecule has 0 bridgehead atoms. The summed E-state index contributed by atoms with van der Waals surface area (Å²) >= 11 is -2.28. The molecule has 0 radical (unpaired) electrons. The van der Waals surface area contributed by atoms with Crippen LogP contribution >= 0.6 is 19.8 Å². The van der Waals surface area contributed by atoms with Crippen molar-refractivity contribution in [3.63, 3.8) is 0 Å². The second kappa shape index (κ2) is 9.07.